The van der Waals surface area contributed by atoms with Crippen molar-refractivity contribution in [2.45, 2.75) is 51.0 Å². The van der Waals surface area contributed by atoms with Crippen LogP contribution in [0.15, 0.2) is 0 Å². The quantitative estimate of drug-likeness (QED) is 0.747. The van der Waals surface area contributed by atoms with Crippen molar-refractivity contribution in [2.75, 3.05) is 13.1 Å². The van der Waals surface area contributed by atoms with Crippen LogP contribution in [0.1, 0.15) is 44.9 Å². The summed E-state index contributed by atoms with van der Waals surface area (Å²) in [6.45, 7) is 1.36. The molecular weight excluding hydrogens is 188 g/mol. The van der Waals surface area contributed by atoms with Crippen LogP contribution in [0.4, 0.5) is 0 Å². The van der Waals surface area contributed by atoms with Gasteiger partial charge in [-0.25, -0.2) is 0 Å². The number of carbonyl (C=O) groups is 1. The number of hydrogen-bond acceptors (Lipinski definition) is 2. The summed E-state index contributed by atoms with van der Waals surface area (Å²) >= 11 is 0. The Balaban J connectivity index is 1.81. The number of nitrogens with two attached hydrogens (primary N) is 1. The Morgan fingerprint density at radius 3 is 2.27 bits per heavy atom. The fourth-order valence-corrected chi connectivity index (χ4v) is 2.41. The monoisotopic (exact) mass is 210 g/mol. The second kappa shape index (κ2) is 4.97. The minimum Gasteiger partial charge on any atom is -0.338 e. The minimum atomic E-state index is 0.356. The smallest absolute Gasteiger partial charge is 0.223 e. The SMILES string of the molecule is NCCN(C(=O)CC1CCC1)C1CCC1. The van der Waals surface area contributed by atoms with E-state index in [-0.39, 0.29) is 0 Å². The highest BCUT2D eigenvalue weighted by molar-refractivity contribution is 5.77. The molecule has 0 aromatic heterocycles. The van der Waals surface area contributed by atoms with Crippen molar-refractivity contribution in [1.29, 1.82) is 0 Å². The van der Waals surface area contributed by atoms with Gasteiger partial charge in [-0.15, -0.1) is 0 Å². The predicted molar refractivity (Wildman–Crippen MR) is 60.4 cm³/mol. The zero-order chi connectivity index (χ0) is 10.7. The van der Waals surface area contributed by atoms with Crippen LogP contribution in [0.5, 0.6) is 0 Å². The first kappa shape index (κ1) is 10.9. The van der Waals surface area contributed by atoms with E-state index < -0.39 is 0 Å². The molecule has 3 heteroatoms. The van der Waals surface area contributed by atoms with Crippen molar-refractivity contribution < 1.29 is 4.79 Å². The van der Waals surface area contributed by atoms with Crippen LogP contribution in [-0.4, -0.2) is 29.9 Å². The highest BCUT2D eigenvalue weighted by atomic mass is 16.2. The van der Waals surface area contributed by atoms with Gasteiger partial charge in [-0.1, -0.05) is 6.42 Å². The third-order valence-electron chi connectivity index (χ3n) is 3.89. The summed E-state index contributed by atoms with van der Waals surface area (Å²) in [5.74, 6) is 1.03. The Labute approximate surface area is 92.0 Å². The molecule has 2 rings (SSSR count). The Bertz CT molecular complexity index is 222. The van der Waals surface area contributed by atoms with E-state index in [0.717, 1.165) is 13.0 Å². The molecule has 0 saturated heterocycles. The van der Waals surface area contributed by atoms with Gasteiger partial charge in [-0.05, 0) is 38.0 Å². The van der Waals surface area contributed by atoms with Gasteiger partial charge in [0.25, 0.3) is 0 Å². The summed E-state index contributed by atoms with van der Waals surface area (Å²) in [6, 6.07) is 0.515. The van der Waals surface area contributed by atoms with Crippen molar-refractivity contribution >= 4 is 5.91 Å². The van der Waals surface area contributed by atoms with Gasteiger partial charge in [0.1, 0.15) is 0 Å². The number of rotatable bonds is 5. The molecule has 0 aromatic carbocycles. The second-order valence-corrected chi connectivity index (χ2v) is 4.96. The van der Waals surface area contributed by atoms with Gasteiger partial charge in [0.05, 0.1) is 0 Å². The molecular formula is C12H22N2O. The van der Waals surface area contributed by atoms with E-state index in [4.69, 9.17) is 5.73 Å². The van der Waals surface area contributed by atoms with Gasteiger partial charge in [-0.2, -0.15) is 0 Å². The molecule has 0 bridgehead atoms. The van der Waals surface area contributed by atoms with Crippen LogP contribution in [0.2, 0.25) is 0 Å². The Hall–Kier alpha value is -0.570. The molecule has 2 saturated carbocycles. The molecule has 0 aliphatic heterocycles. The summed E-state index contributed by atoms with van der Waals surface area (Å²) in [7, 11) is 0. The lowest BCUT2D eigenvalue weighted by Crippen LogP contribution is -2.47. The molecule has 2 aliphatic rings. The molecule has 0 atom stereocenters. The van der Waals surface area contributed by atoms with Crippen molar-refractivity contribution in [2.24, 2.45) is 11.7 Å². The van der Waals surface area contributed by atoms with Gasteiger partial charge < -0.3 is 10.6 Å². The standard InChI is InChI=1S/C12H22N2O/c13-7-8-14(11-5-2-6-11)12(15)9-10-3-1-4-10/h10-11H,1-9,13H2. The maximum atomic E-state index is 12.0. The van der Waals surface area contributed by atoms with Crippen LogP contribution >= 0.6 is 0 Å². The summed E-state index contributed by atoms with van der Waals surface area (Å²) in [5.41, 5.74) is 5.57. The van der Waals surface area contributed by atoms with E-state index in [9.17, 15) is 4.79 Å². The van der Waals surface area contributed by atoms with Gasteiger partial charge >= 0.3 is 0 Å². The maximum Gasteiger partial charge on any atom is 0.223 e. The topological polar surface area (TPSA) is 46.3 Å². The molecule has 2 aliphatic carbocycles. The van der Waals surface area contributed by atoms with E-state index >= 15 is 0 Å². The Morgan fingerprint density at radius 2 is 1.87 bits per heavy atom. The molecule has 0 heterocycles. The first-order chi connectivity index (χ1) is 7.31. The van der Waals surface area contributed by atoms with E-state index in [0.29, 0.717) is 24.4 Å². The van der Waals surface area contributed by atoms with Gasteiger partial charge in [-0.3, -0.25) is 4.79 Å². The van der Waals surface area contributed by atoms with Gasteiger partial charge in [0.15, 0.2) is 0 Å². The molecule has 2 N–H and O–H groups in total. The van der Waals surface area contributed by atoms with E-state index in [1.165, 1.54) is 38.5 Å². The van der Waals surface area contributed by atoms with E-state index in [1.54, 1.807) is 0 Å². The van der Waals surface area contributed by atoms with Crippen molar-refractivity contribution in [3.8, 4) is 0 Å². The average molecular weight is 210 g/mol. The predicted octanol–water partition coefficient (Wildman–Crippen LogP) is 1.52. The van der Waals surface area contributed by atoms with Crippen molar-refractivity contribution in [3.05, 3.63) is 0 Å². The normalized spacial score (nSPS) is 21.9. The number of amides is 1. The van der Waals surface area contributed by atoms with Crippen LogP contribution in [0.3, 0.4) is 0 Å². The minimum absolute atomic E-state index is 0.356. The average Bonchev–Trinajstić information content (AvgIpc) is 2.07. The van der Waals surface area contributed by atoms with Crippen LogP contribution in [0, 0.1) is 5.92 Å². The fraction of sp³-hybridized carbons (Fsp3) is 0.917. The first-order valence-electron chi connectivity index (χ1n) is 6.31. The van der Waals surface area contributed by atoms with E-state index in [2.05, 4.69) is 0 Å². The zero-order valence-corrected chi connectivity index (χ0v) is 9.45. The van der Waals surface area contributed by atoms with E-state index in [1.807, 2.05) is 4.90 Å². The first-order valence-corrected chi connectivity index (χ1v) is 6.31. The Morgan fingerprint density at radius 1 is 1.20 bits per heavy atom. The number of carbonyl (C=O) groups excluding carboxylic acids is 1. The molecule has 2 fully saturated rings. The second-order valence-electron chi connectivity index (χ2n) is 4.96. The third-order valence-corrected chi connectivity index (χ3v) is 3.89. The lowest BCUT2D eigenvalue weighted by molar-refractivity contribution is -0.136. The molecule has 0 spiro atoms. The maximum absolute atomic E-state index is 12.0. The summed E-state index contributed by atoms with van der Waals surface area (Å²) in [5, 5.41) is 0. The molecule has 0 unspecified atom stereocenters. The summed E-state index contributed by atoms with van der Waals surface area (Å²) in [4.78, 5) is 14.1. The molecule has 1 amide bonds. The Kier molecular flexibility index (Phi) is 3.62. The van der Waals surface area contributed by atoms with Crippen molar-refractivity contribution in [3.63, 3.8) is 0 Å². The third kappa shape index (κ3) is 2.51. The lowest BCUT2D eigenvalue weighted by Gasteiger charge is -2.39. The summed E-state index contributed by atoms with van der Waals surface area (Å²) in [6.07, 6.45) is 8.27. The highest BCUT2D eigenvalue weighted by Gasteiger charge is 2.30. The van der Waals surface area contributed by atoms with Crippen LogP contribution in [-0.2, 0) is 4.79 Å². The molecule has 0 radical (unpaired) electrons. The van der Waals surface area contributed by atoms with Gasteiger partial charge in [0.2, 0.25) is 5.91 Å². The molecule has 0 aromatic rings. The molecule has 3 nitrogen and oxygen atoms in total. The zero-order valence-electron chi connectivity index (χ0n) is 9.45. The number of hydrogen-bond donors (Lipinski definition) is 1. The lowest BCUT2D eigenvalue weighted by atomic mass is 9.82. The fourth-order valence-electron chi connectivity index (χ4n) is 2.41. The highest BCUT2D eigenvalue weighted by Crippen LogP contribution is 2.31. The largest absolute Gasteiger partial charge is 0.338 e. The summed E-state index contributed by atoms with van der Waals surface area (Å²) < 4.78 is 0. The van der Waals surface area contributed by atoms with Crippen LogP contribution < -0.4 is 5.73 Å². The van der Waals surface area contributed by atoms with Crippen molar-refractivity contribution in [1.82, 2.24) is 4.90 Å². The van der Waals surface area contributed by atoms with Crippen LogP contribution in [0.25, 0.3) is 0 Å². The molecule has 15 heavy (non-hydrogen) atoms. The number of nitrogens with zero attached hydrogens (tertiary/aromatic N) is 1. The molecule has 86 valence electrons. The van der Waals surface area contributed by atoms with Gasteiger partial charge in [0, 0.05) is 25.6 Å².